The molecule has 0 aromatic heterocycles. The summed E-state index contributed by atoms with van der Waals surface area (Å²) in [4.78, 5) is 12.5. The zero-order valence-electron chi connectivity index (χ0n) is 12.4. The molecule has 2 rings (SSSR count). The van der Waals surface area contributed by atoms with Gasteiger partial charge >= 0.3 is 0 Å². The maximum absolute atomic E-state index is 12.5. The van der Waals surface area contributed by atoms with Crippen LogP contribution in [0.25, 0.3) is 0 Å². The molecule has 0 aliphatic heterocycles. The summed E-state index contributed by atoms with van der Waals surface area (Å²) in [7, 11) is 0. The van der Waals surface area contributed by atoms with Gasteiger partial charge in [0.1, 0.15) is 6.04 Å². The topological polar surface area (TPSA) is 41.1 Å². The van der Waals surface area contributed by atoms with E-state index in [-0.39, 0.29) is 11.9 Å². The third-order valence-electron chi connectivity index (χ3n) is 3.32. The van der Waals surface area contributed by atoms with Crippen LogP contribution in [0.2, 0.25) is 0 Å². The van der Waals surface area contributed by atoms with Gasteiger partial charge in [-0.2, -0.15) is 0 Å². The van der Waals surface area contributed by atoms with Crippen molar-refractivity contribution in [2.45, 2.75) is 25.8 Å². The van der Waals surface area contributed by atoms with E-state index >= 15 is 0 Å². The molecule has 2 aromatic rings. The number of carbonyl (C=O) groups excluding carboxylic acids is 1. The van der Waals surface area contributed by atoms with Crippen LogP contribution in [0, 0.1) is 0 Å². The Morgan fingerprint density at radius 2 is 1.62 bits per heavy atom. The molecule has 0 spiro atoms. The molecule has 0 fully saturated rings. The second-order valence-electron chi connectivity index (χ2n) is 5.01. The standard InChI is InChI=1S/C18H22N2O/c1-2-3-14-19-17(15-10-6-4-7-11-15)18(21)20-16-12-8-5-9-13-16/h4-13,17,19H,2-3,14H2,1H3,(H,20,21). The SMILES string of the molecule is CCCCNC(C(=O)Nc1ccccc1)c1ccccc1. The van der Waals surface area contributed by atoms with Gasteiger partial charge in [0.2, 0.25) is 5.91 Å². The number of anilines is 1. The molecule has 2 aromatic carbocycles. The third kappa shape index (κ3) is 4.72. The lowest BCUT2D eigenvalue weighted by atomic mass is 10.1. The molecular formula is C18H22N2O. The molecule has 0 radical (unpaired) electrons. The molecule has 1 amide bonds. The van der Waals surface area contributed by atoms with Crippen LogP contribution < -0.4 is 10.6 Å². The fourth-order valence-corrected chi connectivity index (χ4v) is 2.17. The predicted molar refractivity (Wildman–Crippen MR) is 87.2 cm³/mol. The number of carbonyl (C=O) groups is 1. The van der Waals surface area contributed by atoms with Gasteiger partial charge in [-0.15, -0.1) is 0 Å². The molecule has 0 heterocycles. The summed E-state index contributed by atoms with van der Waals surface area (Å²) in [5.41, 5.74) is 1.81. The predicted octanol–water partition coefficient (Wildman–Crippen LogP) is 3.76. The van der Waals surface area contributed by atoms with Gasteiger partial charge in [0.25, 0.3) is 0 Å². The summed E-state index contributed by atoms with van der Waals surface area (Å²) >= 11 is 0. The molecular weight excluding hydrogens is 260 g/mol. The van der Waals surface area contributed by atoms with Crippen molar-refractivity contribution in [1.82, 2.24) is 5.32 Å². The van der Waals surface area contributed by atoms with Crippen molar-refractivity contribution < 1.29 is 4.79 Å². The molecule has 2 N–H and O–H groups in total. The number of hydrogen-bond donors (Lipinski definition) is 2. The number of unbranched alkanes of at least 4 members (excludes halogenated alkanes) is 1. The minimum atomic E-state index is -0.321. The molecule has 0 saturated carbocycles. The van der Waals surface area contributed by atoms with Gasteiger partial charge in [0.05, 0.1) is 0 Å². The largest absolute Gasteiger partial charge is 0.324 e. The summed E-state index contributed by atoms with van der Waals surface area (Å²) in [5.74, 6) is -0.0245. The highest BCUT2D eigenvalue weighted by atomic mass is 16.2. The Morgan fingerprint density at radius 3 is 2.24 bits per heavy atom. The highest BCUT2D eigenvalue weighted by Crippen LogP contribution is 2.16. The quantitative estimate of drug-likeness (QED) is 0.759. The fraction of sp³-hybridized carbons (Fsp3) is 0.278. The molecule has 0 aliphatic rings. The maximum atomic E-state index is 12.5. The van der Waals surface area contributed by atoms with E-state index in [0.29, 0.717) is 0 Å². The summed E-state index contributed by atoms with van der Waals surface area (Å²) in [6.07, 6.45) is 2.16. The van der Waals surface area contributed by atoms with Crippen molar-refractivity contribution in [2.24, 2.45) is 0 Å². The molecule has 21 heavy (non-hydrogen) atoms. The maximum Gasteiger partial charge on any atom is 0.246 e. The minimum Gasteiger partial charge on any atom is -0.324 e. The van der Waals surface area contributed by atoms with Gasteiger partial charge in [0, 0.05) is 5.69 Å². The molecule has 1 unspecified atom stereocenters. The fourth-order valence-electron chi connectivity index (χ4n) is 2.17. The molecule has 0 aliphatic carbocycles. The van der Waals surface area contributed by atoms with Crippen molar-refractivity contribution in [2.75, 3.05) is 11.9 Å². The molecule has 0 saturated heterocycles. The van der Waals surface area contributed by atoms with Crippen molar-refractivity contribution in [3.63, 3.8) is 0 Å². The van der Waals surface area contributed by atoms with Gasteiger partial charge in [-0.3, -0.25) is 4.79 Å². The Balaban J connectivity index is 2.09. The van der Waals surface area contributed by atoms with E-state index in [1.54, 1.807) is 0 Å². The highest BCUT2D eigenvalue weighted by molar-refractivity contribution is 5.95. The van der Waals surface area contributed by atoms with Gasteiger partial charge in [-0.25, -0.2) is 0 Å². The number of amides is 1. The molecule has 1 atom stereocenters. The number of para-hydroxylation sites is 1. The van der Waals surface area contributed by atoms with Crippen molar-refractivity contribution >= 4 is 11.6 Å². The third-order valence-corrected chi connectivity index (χ3v) is 3.32. The van der Waals surface area contributed by atoms with E-state index in [2.05, 4.69) is 17.6 Å². The van der Waals surface area contributed by atoms with Crippen LogP contribution in [0.3, 0.4) is 0 Å². The number of rotatable bonds is 7. The van der Waals surface area contributed by atoms with Crippen molar-refractivity contribution in [3.8, 4) is 0 Å². The smallest absolute Gasteiger partial charge is 0.246 e. The zero-order chi connectivity index (χ0) is 14.9. The van der Waals surface area contributed by atoms with Crippen molar-refractivity contribution in [1.29, 1.82) is 0 Å². The lowest BCUT2D eigenvalue weighted by molar-refractivity contribution is -0.118. The van der Waals surface area contributed by atoms with E-state index in [1.807, 2.05) is 60.7 Å². The normalized spacial score (nSPS) is 11.9. The average Bonchev–Trinajstić information content (AvgIpc) is 2.53. The van der Waals surface area contributed by atoms with Gasteiger partial charge in [-0.1, -0.05) is 61.9 Å². The Bertz CT molecular complexity index is 540. The van der Waals surface area contributed by atoms with Crippen LogP contribution >= 0.6 is 0 Å². The number of nitrogens with one attached hydrogen (secondary N) is 2. The van der Waals surface area contributed by atoms with Crippen LogP contribution in [0.4, 0.5) is 5.69 Å². The summed E-state index contributed by atoms with van der Waals surface area (Å²) in [6.45, 7) is 2.97. The lowest BCUT2D eigenvalue weighted by Gasteiger charge is -2.19. The Morgan fingerprint density at radius 1 is 1.00 bits per heavy atom. The van der Waals surface area contributed by atoms with E-state index in [0.717, 1.165) is 30.6 Å². The van der Waals surface area contributed by atoms with Crippen LogP contribution in [0.5, 0.6) is 0 Å². The molecule has 110 valence electrons. The first-order chi connectivity index (χ1) is 10.3. The van der Waals surface area contributed by atoms with Crippen LogP contribution in [0.1, 0.15) is 31.4 Å². The number of benzene rings is 2. The first kappa shape index (κ1) is 15.3. The van der Waals surface area contributed by atoms with Gasteiger partial charge < -0.3 is 10.6 Å². The van der Waals surface area contributed by atoms with Crippen LogP contribution in [-0.2, 0) is 4.79 Å². The second kappa shape index (κ2) is 8.22. The van der Waals surface area contributed by atoms with Gasteiger partial charge in [0.15, 0.2) is 0 Å². The summed E-state index contributed by atoms with van der Waals surface area (Å²) < 4.78 is 0. The minimum absolute atomic E-state index is 0.0245. The summed E-state index contributed by atoms with van der Waals surface area (Å²) in [5, 5.41) is 6.31. The van der Waals surface area contributed by atoms with E-state index in [9.17, 15) is 4.79 Å². The Labute approximate surface area is 126 Å². The molecule has 3 heteroatoms. The van der Waals surface area contributed by atoms with Crippen molar-refractivity contribution in [3.05, 3.63) is 66.2 Å². The van der Waals surface area contributed by atoms with Crippen LogP contribution in [0.15, 0.2) is 60.7 Å². The monoisotopic (exact) mass is 282 g/mol. The van der Waals surface area contributed by atoms with E-state index < -0.39 is 0 Å². The Kier molecular flexibility index (Phi) is 5.98. The Hall–Kier alpha value is -2.13. The molecule has 3 nitrogen and oxygen atoms in total. The average molecular weight is 282 g/mol. The highest BCUT2D eigenvalue weighted by Gasteiger charge is 2.19. The first-order valence-electron chi connectivity index (χ1n) is 7.45. The summed E-state index contributed by atoms with van der Waals surface area (Å²) in [6, 6.07) is 19.1. The van der Waals surface area contributed by atoms with E-state index in [4.69, 9.17) is 0 Å². The van der Waals surface area contributed by atoms with E-state index in [1.165, 1.54) is 0 Å². The second-order valence-corrected chi connectivity index (χ2v) is 5.01. The van der Waals surface area contributed by atoms with Gasteiger partial charge in [-0.05, 0) is 30.7 Å². The molecule has 0 bridgehead atoms. The first-order valence-corrected chi connectivity index (χ1v) is 7.45. The number of hydrogen-bond acceptors (Lipinski definition) is 2. The zero-order valence-corrected chi connectivity index (χ0v) is 12.4. The van der Waals surface area contributed by atoms with Crippen LogP contribution in [-0.4, -0.2) is 12.5 Å². The lowest BCUT2D eigenvalue weighted by Crippen LogP contribution is -2.33.